The monoisotopic (exact) mass is 355 g/mol. The minimum atomic E-state index is -0.214. The third kappa shape index (κ3) is 3.15. The van der Waals surface area contributed by atoms with Crippen LogP contribution in [0.25, 0.3) is 11.3 Å². The van der Waals surface area contributed by atoms with Gasteiger partial charge in [-0.3, -0.25) is 9.89 Å². The minimum Gasteiger partial charge on any atom is -0.378 e. The van der Waals surface area contributed by atoms with Gasteiger partial charge in [0, 0.05) is 38.6 Å². The van der Waals surface area contributed by atoms with Crippen molar-refractivity contribution in [2.24, 2.45) is 0 Å². The first-order valence-electron chi connectivity index (χ1n) is 9.28. The molecule has 2 aromatic rings. The number of nitrogens with zero attached hydrogens (tertiary/aromatic N) is 2. The van der Waals surface area contributed by atoms with Crippen LogP contribution in [0.1, 0.15) is 36.0 Å². The average molecular weight is 355 g/mol. The summed E-state index contributed by atoms with van der Waals surface area (Å²) in [5.74, 6) is 0.0841. The standard InChI is InChI=1S/C20H25N3O3/c1-25-18-3-2-14-26-20(18)9-12-23(13-10-20)19(24)16-6-4-15(5-7-16)17-8-11-21-22-17/h4-8,11,18H,2-3,9-10,12-14H2,1H3,(H,21,22)/t18-/m1/s1. The summed E-state index contributed by atoms with van der Waals surface area (Å²) in [5, 5.41) is 6.90. The highest BCUT2D eigenvalue weighted by atomic mass is 16.5. The number of methoxy groups -OCH3 is 1. The van der Waals surface area contributed by atoms with E-state index in [1.54, 1.807) is 13.3 Å². The zero-order chi connectivity index (χ0) is 18.0. The molecule has 0 bridgehead atoms. The van der Waals surface area contributed by atoms with Gasteiger partial charge < -0.3 is 14.4 Å². The molecule has 1 aromatic heterocycles. The first kappa shape index (κ1) is 17.2. The highest BCUT2D eigenvalue weighted by molar-refractivity contribution is 5.94. The molecular weight excluding hydrogens is 330 g/mol. The van der Waals surface area contributed by atoms with Crippen molar-refractivity contribution in [1.29, 1.82) is 0 Å². The molecule has 138 valence electrons. The topological polar surface area (TPSA) is 67.5 Å². The van der Waals surface area contributed by atoms with Crippen LogP contribution in [0.15, 0.2) is 36.5 Å². The minimum absolute atomic E-state index is 0.0841. The van der Waals surface area contributed by atoms with Gasteiger partial charge in [-0.25, -0.2) is 0 Å². The van der Waals surface area contributed by atoms with Gasteiger partial charge in [0.25, 0.3) is 5.91 Å². The Kier molecular flexibility index (Phi) is 4.78. The first-order valence-corrected chi connectivity index (χ1v) is 9.28. The number of aromatic nitrogens is 2. The van der Waals surface area contributed by atoms with Gasteiger partial charge in [0.05, 0.1) is 17.4 Å². The van der Waals surface area contributed by atoms with Crippen molar-refractivity contribution >= 4 is 5.91 Å². The van der Waals surface area contributed by atoms with E-state index < -0.39 is 0 Å². The number of piperidine rings is 1. The van der Waals surface area contributed by atoms with Gasteiger partial charge in [0.15, 0.2) is 0 Å². The molecule has 2 fully saturated rings. The largest absolute Gasteiger partial charge is 0.378 e. The van der Waals surface area contributed by atoms with E-state index >= 15 is 0 Å². The fourth-order valence-corrected chi connectivity index (χ4v) is 4.18. The number of hydrogen-bond acceptors (Lipinski definition) is 4. The SMILES string of the molecule is CO[C@@H]1CCCOC12CCN(C(=O)c1ccc(-c3ccn[nH]3)cc1)CC2. The molecule has 3 heterocycles. The van der Waals surface area contributed by atoms with E-state index in [1.165, 1.54) is 0 Å². The van der Waals surface area contributed by atoms with Gasteiger partial charge in [-0.2, -0.15) is 5.10 Å². The van der Waals surface area contributed by atoms with Crippen LogP contribution in [-0.2, 0) is 9.47 Å². The van der Waals surface area contributed by atoms with Gasteiger partial charge in [-0.05, 0) is 49.4 Å². The summed E-state index contributed by atoms with van der Waals surface area (Å²) in [6, 6.07) is 9.60. The molecule has 0 unspecified atom stereocenters. The van der Waals surface area contributed by atoms with Crippen LogP contribution >= 0.6 is 0 Å². The highest BCUT2D eigenvalue weighted by Gasteiger charge is 2.45. The predicted octanol–water partition coefficient (Wildman–Crippen LogP) is 2.88. The summed E-state index contributed by atoms with van der Waals surface area (Å²) in [6.45, 7) is 2.21. The Hall–Kier alpha value is -2.18. The van der Waals surface area contributed by atoms with Crippen LogP contribution in [0.5, 0.6) is 0 Å². The van der Waals surface area contributed by atoms with Crippen molar-refractivity contribution in [3.63, 3.8) is 0 Å². The van der Waals surface area contributed by atoms with E-state index in [0.29, 0.717) is 13.1 Å². The van der Waals surface area contributed by atoms with Crippen molar-refractivity contribution in [2.75, 3.05) is 26.8 Å². The fourth-order valence-electron chi connectivity index (χ4n) is 4.18. The first-order chi connectivity index (χ1) is 12.7. The normalized spacial score (nSPS) is 22.5. The number of ether oxygens (including phenoxy) is 2. The second-order valence-electron chi connectivity index (χ2n) is 7.12. The lowest BCUT2D eigenvalue weighted by atomic mass is 9.81. The molecule has 2 aliphatic heterocycles. The number of aromatic amines is 1. The van der Waals surface area contributed by atoms with Gasteiger partial charge in [-0.15, -0.1) is 0 Å². The van der Waals surface area contributed by atoms with Crippen molar-refractivity contribution in [2.45, 2.75) is 37.4 Å². The Bertz CT molecular complexity index is 734. The Labute approximate surface area is 153 Å². The number of benzene rings is 1. The lowest BCUT2D eigenvalue weighted by Crippen LogP contribution is -2.56. The molecule has 1 amide bonds. The van der Waals surface area contributed by atoms with Crippen LogP contribution in [-0.4, -0.2) is 59.5 Å². The highest BCUT2D eigenvalue weighted by Crippen LogP contribution is 2.37. The van der Waals surface area contributed by atoms with Gasteiger partial charge in [-0.1, -0.05) is 12.1 Å². The van der Waals surface area contributed by atoms with Gasteiger partial charge >= 0.3 is 0 Å². The number of rotatable bonds is 3. The third-order valence-electron chi connectivity index (χ3n) is 5.71. The molecule has 6 nitrogen and oxygen atoms in total. The molecule has 0 saturated carbocycles. The lowest BCUT2D eigenvalue weighted by molar-refractivity contribution is -0.183. The van der Waals surface area contributed by atoms with E-state index in [-0.39, 0.29) is 17.6 Å². The summed E-state index contributed by atoms with van der Waals surface area (Å²) < 4.78 is 11.8. The maximum absolute atomic E-state index is 12.9. The molecular formula is C20H25N3O3. The van der Waals surface area contributed by atoms with E-state index in [1.807, 2.05) is 35.2 Å². The van der Waals surface area contributed by atoms with Crippen LogP contribution < -0.4 is 0 Å². The molecule has 6 heteroatoms. The summed E-state index contributed by atoms with van der Waals surface area (Å²) in [5.41, 5.74) is 2.48. The molecule has 1 aromatic carbocycles. The third-order valence-corrected chi connectivity index (χ3v) is 5.71. The summed E-state index contributed by atoms with van der Waals surface area (Å²) >= 11 is 0. The van der Waals surface area contributed by atoms with Crippen LogP contribution in [0, 0.1) is 0 Å². The number of H-pyrrole nitrogens is 1. The summed E-state index contributed by atoms with van der Waals surface area (Å²) in [6.07, 6.45) is 5.62. The average Bonchev–Trinajstić information content (AvgIpc) is 3.23. The molecule has 2 aliphatic rings. The van der Waals surface area contributed by atoms with E-state index in [9.17, 15) is 4.79 Å². The van der Waals surface area contributed by atoms with Crippen LogP contribution in [0.3, 0.4) is 0 Å². The Morgan fingerprint density at radius 1 is 1.27 bits per heavy atom. The number of carbonyl (C=O) groups is 1. The van der Waals surface area contributed by atoms with Crippen molar-refractivity contribution < 1.29 is 14.3 Å². The number of hydrogen-bond donors (Lipinski definition) is 1. The second-order valence-corrected chi connectivity index (χ2v) is 7.12. The number of likely N-dealkylation sites (tertiary alicyclic amines) is 1. The van der Waals surface area contributed by atoms with Gasteiger partial charge in [0.1, 0.15) is 0 Å². The molecule has 0 radical (unpaired) electrons. The fraction of sp³-hybridized carbons (Fsp3) is 0.500. The Morgan fingerprint density at radius 3 is 2.69 bits per heavy atom. The van der Waals surface area contributed by atoms with Crippen molar-refractivity contribution in [3.05, 3.63) is 42.1 Å². The molecule has 26 heavy (non-hydrogen) atoms. The van der Waals surface area contributed by atoms with E-state index in [4.69, 9.17) is 9.47 Å². The quantitative estimate of drug-likeness (QED) is 0.919. The second kappa shape index (κ2) is 7.21. The summed E-state index contributed by atoms with van der Waals surface area (Å²) in [4.78, 5) is 14.8. The molecule has 1 N–H and O–H groups in total. The molecule has 1 atom stereocenters. The van der Waals surface area contributed by atoms with E-state index in [0.717, 1.165) is 49.1 Å². The number of nitrogens with one attached hydrogen (secondary N) is 1. The molecule has 4 rings (SSSR count). The smallest absolute Gasteiger partial charge is 0.253 e. The van der Waals surface area contributed by atoms with Crippen LogP contribution in [0.2, 0.25) is 0 Å². The molecule has 0 aliphatic carbocycles. The van der Waals surface area contributed by atoms with Gasteiger partial charge in [0.2, 0.25) is 0 Å². The van der Waals surface area contributed by atoms with Crippen LogP contribution in [0.4, 0.5) is 0 Å². The Morgan fingerprint density at radius 2 is 2.04 bits per heavy atom. The molecule has 2 saturated heterocycles. The lowest BCUT2D eigenvalue weighted by Gasteiger charge is -2.48. The van der Waals surface area contributed by atoms with Crippen molar-refractivity contribution in [3.8, 4) is 11.3 Å². The number of carbonyl (C=O) groups excluding carboxylic acids is 1. The Balaban J connectivity index is 1.42. The maximum Gasteiger partial charge on any atom is 0.253 e. The summed E-state index contributed by atoms with van der Waals surface area (Å²) in [7, 11) is 1.76. The van der Waals surface area contributed by atoms with Crippen molar-refractivity contribution in [1.82, 2.24) is 15.1 Å². The molecule has 1 spiro atoms. The van der Waals surface area contributed by atoms with E-state index in [2.05, 4.69) is 10.2 Å². The zero-order valence-corrected chi connectivity index (χ0v) is 15.1. The zero-order valence-electron chi connectivity index (χ0n) is 15.1. The number of amides is 1. The predicted molar refractivity (Wildman–Crippen MR) is 97.9 cm³/mol. The maximum atomic E-state index is 12.9.